The van der Waals surface area contributed by atoms with E-state index in [1.165, 1.54) is 0 Å². The average molecular weight is 298 g/mol. The summed E-state index contributed by atoms with van der Waals surface area (Å²) in [6, 6.07) is 7.62. The van der Waals surface area contributed by atoms with Crippen molar-refractivity contribution in [1.82, 2.24) is 0 Å². The third-order valence-electron chi connectivity index (χ3n) is 3.59. The highest BCUT2D eigenvalue weighted by Gasteiger charge is 2.45. The number of aliphatic hydroxyl groups is 1. The number of nitrogens with zero attached hydrogens (tertiary/aromatic N) is 1. The van der Waals surface area contributed by atoms with Crippen LogP contribution < -0.4 is 4.90 Å². The van der Waals surface area contributed by atoms with Crippen molar-refractivity contribution in [2.24, 2.45) is 5.41 Å². The number of benzene rings is 1. The molecule has 1 saturated carbocycles. The van der Waals surface area contributed by atoms with Crippen LogP contribution in [0.1, 0.15) is 19.3 Å². The summed E-state index contributed by atoms with van der Waals surface area (Å²) in [7, 11) is 1.76. The number of carbonyl (C=O) groups excluding carboxylic acids is 1. The van der Waals surface area contributed by atoms with Crippen molar-refractivity contribution >= 4 is 27.5 Å². The van der Waals surface area contributed by atoms with Gasteiger partial charge in [0.15, 0.2) is 0 Å². The highest BCUT2D eigenvalue weighted by molar-refractivity contribution is 9.10. The van der Waals surface area contributed by atoms with Crippen LogP contribution in [0, 0.1) is 5.41 Å². The lowest BCUT2D eigenvalue weighted by Crippen LogP contribution is -2.49. The summed E-state index contributed by atoms with van der Waals surface area (Å²) >= 11 is 3.44. The highest BCUT2D eigenvalue weighted by Crippen LogP contribution is 2.43. The molecule has 4 heteroatoms. The van der Waals surface area contributed by atoms with Gasteiger partial charge >= 0.3 is 0 Å². The Kier molecular flexibility index (Phi) is 3.54. The first kappa shape index (κ1) is 12.6. The molecule has 0 saturated heterocycles. The number of para-hydroxylation sites is 1. The molecule has 1 aliphatic rings. The van der Waals surface area contributed by atoms with Gasteiger partial charge in [-0.1, -0.05) is 18.6 Å². The topological polar surface area (TPSA) is 40.5 Å². The Labute approximate surface area is 110 Å². The van der Waals surface area contributed by atoms with Gasteiger partial charge in [-0.25, -0.2) is 0 Å². The Hall–Kier alpha value is -0.870. The number of hydrogen-bond donors (Lipinski definition) is 1. The largest absolute Gasteiger partial charge is 0.395 e. The third-order valence-corrected chi connectivity index (χ3v) is 4.26. The van der Waals surface area contributed by atoms with Crippen LogP contribution in [-0.2, 0) is 4.79 Å². The van der Waals surface area contributed by atoms with Crippen LogP contribution in [0.2, 0.25) is 0 Å². The molecular weight excluding hydrogens is 282 g/mol. The van der Waals surface area contributed by atoms with Crippen LogP contribution in [0.15, 0.2) is 28.7 Å². The van der Waals surface area contributed by atoms with E-state index in [9.17, 15) is 9.90 Å². The van der Waals surface area contributed by atoms with E-state index in [0.717, 1.165) is 29.4 Å². The minimum Gasteiger partial charge on any atom is -0.395 e. The third kappa shape index (κ3) is 2.11. The Morgan fingerprint density at radius 3 is 2.59 bits per heavy atom. The summed E-state index contributed by atoms with van der Waals surface area (Å²) in [6.45, 7) is -0.0549. The molecule has 0 aromatic heterocycles. The maximum absolute atomic E-state index is 12.4. The molecular formula is C13H16BrNO2. The van der Waals surface area contributed by atoms with Gasteiger partial charge in [0.1, 0.15) is 0 Å². The number of hydrogen-bond acceptors (Lipinski definition) is 2. The van der Waals surface area contributed by atoms with Gasteiger partial charge in [-0.05, 0) is 40.9 Å². The summed E-state index contributed by atoms with van der Waals surface area (Å²) in [5.74, 6) is 0.0122. The zero-order valence-corrected chi connectivity index (χ0v) is 11.4. The second-order valence-electron chi connectivity index (χ2n) is 4.61. The molecule has 1 aromatic rings. The van der Waals surface area contributed by atoms with Gasteiger partial charge < -0.3 is 10.0 Å². The molecule has 1 aliphatic carbocycles. The predicted molar refractivity (Wildman–Crippen MR) is 70.9 cm³/mol. The Morgan fingerprint density at radius 1 is 1.47 bits per heavy atom. The standard InChI is InChI=1S/C13H16BrNO2/c1-15(11-6-3-2-5-10(11)14)12(17)13(9-16)7-4-8-13/h2-3,5-6,16H,4,7-9H2,1H3. The Balaban J connectivity index is 2.23. The quantitative estimate of drug-likeness (QED) is 0.931. The molecule has 17 heavy (non-hydrogen) atoms. The second kappa shape index (κ2) is 4.78. The van der Waals surface area contributed by atoms with E-state index >= 15 is 0 Å². The van der Waals surface area contributed by atoms with Crippen molar-refractivity contribution in [3.8, 4) is 0 Å². The van der Waals surface area contributed by atoms with Crippen molar-refractivity contribution < 1.29 is 9.90 Å². The fourth-order valence-electron chi connectivity index (χ4n) is 2.23. The molecule has 0 aliphatic heterocycles. The molecule has 1 N–H and O–H groups in total. The fourth-order valence-corrected chi connectivity index (χ4v) is 2.78. The van der Waals surface area contributed by atoms with Gasteiger partial charge in [0.25, 0.3) is 0 Å². The molecule has 3 nitrogen and oxygen atoms in total. The van der Waals surface area contributed by atoms with Crippen LogP contribution in [0.5, 0.6) is 0 Å². The summed E-state index contributed by atoms with van der Waals surface area (Å²) in [4.78, 5) is 14.0. The Bertz CT molecular complexity index is 424. The van der Waals surface area contributed by atoms with E-state index in [1.54, 1.807) is 11.9 Å². The first-order valence-corrected chi connectivity index (χ1v) is 6.53. The van der Waals surface area contributed by atoms with Gasteiger partial charge in [-0.15, -0.1) is 0 Å². The smallest absolute Gasteiger partial charge is 0.235 e. The Morgan fingerprint density at radius 2 is 2.12 bits per heavy atom. The molecule has 0 atom stereocenters. The highest BCUT2D eigenvalue weighted by atomic mass is 79.9. The number of amides is 1. The van der Waals surface area contributed by atoms with Crippen molar-refractivity contribution in [2.45, 2.75) is 19.3 Å². The maximum atomic E-state index is 12.4. The van der Waals surface area contributed by atoms with Crippen molar-refractivity contribution in [3.05, 3.63) is 28.7 Å². The molecule has 2 rings (SSSR count). The fraction of sp³-hybridized carbons (Fsp3) is 0.462. The molecule has 1 amide bonds. The lowest BCUT2D eigenvalue weighted by molar-refractivity contribution is -0.136. The van der Waals surface area contributed by atoms with Crippen molar-refractivity contribution in [3.63, 3.8) is 0 Å². The van der Waals surface area contributed by atoms with Gasteiger partial charge in [-0.2, -0.15) is 0 Å². The summed E-state index contributed by atoms with van der Waals surface area (Å²) < 4.78 is 0.892. The van der Waals surface area contributed by atoms with Crippen LogP contribution in [0.3, 0.4) is 0 Å². The monoisotopic (exact) mass is 297 g/mol. The molecule has 0 bridgehead atoms. The number of rotatable bonds is 3. The molecule has 1 aromatic carbocycles. The van der Waals surface area contributed by atoms with E-state index in [4.69, 9.17) is 0 Å². The lowest BCUT2D eigenvalue weighted by atomic mass is 9.68. The zero-order valence-electron chi connectivity index (χ0n) is 9.82. The SMILES string of the molecule is CN(C(=O)C1(CO)CCC1)c1ccccc1Br. The summed E-state index contributed by atoms with van der Waals surface area (Å²) in [6.07, 6.45) is 2.60. The van der Waals surface area contributed by atoms with Crippen molar-refractivity contribution in [2.75, 3.05) is 18.6 Å². The molecule has 92 valence electrons. The average Bonchev–Trinajstić information content (AvgIpc) is 2.28. The van der Waals surface area contributed by atoms with Gasteiger partial charge in [0.2, 0.25) is 5.91 Å². The van der Waals surface area contributed by atoms with E-state index < -0.39 is 5.41 Å². The number of aliphatic hydroxyl groups excluding tert-OH is 1. The van der Waals surface area contributed by atoms with Crippen LogP contribution in [0.25, 0.3) is 0 Å². The number of anilines is 1. The first-order chi connectivity index (χ1) is 8.10. The lowest BCUT2D eigenvalue weighted by Gasteiger charge is -2.41. The summed E-state index contributed by atoms with van der Waals surface area (Å²) in [5.41, 5.74) is 0.307. The molecule has 1 fully saturated rings. The molecule has 0 spiro atoms. The molecule has 0 unspecified atom stereocenters. The van der Waals surface area contributed by atoms with Gasteiger partial charge in [0.05, 0.1) is 17.7 Å². The summed E-state index contributed by atoms with van der Waals surface area (Å²) in [5, 5.41) is 9.41. The van der Waals surface area contributed by atoms with Crippen LogP contribution in [0.4, 0.5) is 5.69 Å². The first-order valence-electron chi connectivity index (χ1n) is 5.74. The van der Waals surface area contributed by atoms with E-state index in [2.05, 4.69) is 15.9 Å². The minimum atomic E-state index is -0.538. The molecule has 0 heterocycles. The van der Waals surface area contributed by atoms with E-state index in [0.29, 0.717) is 0 Å². The number of carbonyl (C=O) groups is 1. The minimum absolute atomic E-state index is 0.0122. The zero-order chi connectivity index (χ0) is 12.5. The second-order valence-corrected chi connectivity index (χ2v) is 5.46. The maximum Gasteiger partial charge on any atom is 0.235 e. The van der Waals surface area contributed by atoms with Crippen LogP contribution in [-0.4, -0.2) is 24.7 Å². The van der Waals surface area contributed by atoms with E-state index in [-0.39, 0.29) is 12.5 Å². The van der Waals surface area contributed by atoms with Gasteiger partial charge in [-0.3, -0.25) is 4.79 Å². The van der Waals surface area contributed by atoms with Gasteiger partial charge in [0, 0.05) is 11.5 Å². The number of halogens is 1. The predicted octanol–water partition coefficient (Wildman–Crippen LogP) is 2.57. The molecule has 0 radical (unpaired) electrons. The van der Waals surface area contributed by atoms with Crippen molar-refractivity contribution in [1.29, 1.82) is 0 Å². The van der Waals surface area contributed by atoms with E-state index in [1.807, 2.05) is 24.3 Å². The normalized spacial score (nSPS) is 17.4. The van der Waals surface area contributed by atoms with Crippen LogP contribution >= 0.6 is 15.9 Å².